The normalized spacial score (nSPS) is 10.6. The number of amides is 1. The fraction of sp³-hybridized carbons (Fsp3) is 0.280. The largest absolute Gasteiger partial charge is 0.439 e. The molecular weight excluding hydrogens is 374 g/mol. The van der Waals surface area contributed by atoms with Crippen LogP contribution in [0.3, 0.4) is 0 Å². The molecule has 156 valence electrons. The number of hydrogen-bond acceptors (Lipinski definition) is 4. The quantitative estimate of drug-likeness (QED) is 0.520. The third-order valence-electron chi connectivity index (χ3n) is 5.00. The van der Waals surface area contributed by atoms with Gasteiger partial charge in [0.15, 0.2) is 0 Å². The van der Waals surface area contributed by atoms with Gasteiger partial charge in [-0.05, 0) is 61.2 Å². The molecule has 0 unspecified atom stereocenters. The lowest BCUT2D eigenvalue weighted by molar-refractivity contribution is 0.1000. The summed E-state index contributed by atoms with van der Waals surface area (Å²) in [6.07, 6.45) is 3.74. The second-order valence-corrected chi connectivity index (χ2v) is 7.57. The molecule has 3 rings (SSSR count). The van der Waals surface area contributed by atoms with Crippen molar-refractivity contribution in [2.75, 3.05) is 11.4 Å². The average molecular weight is 404 g/mol. The number of carbonyl (C=O) groups excluding carboxylic acids is 1. The number of rotatable bonds is 9. The number of carbonyl (C=O) groups is 1. The standard InChI is InChI=1S/C25H29N3O2/c1-4-5-13-28(22-8-6-7-18(2)14-22)17-20-9-11-23(19(3)15-20)30-24-12-10-21(16-27-24)25(26)29/h6-12,14-16H,4-5,13,17H2,1-3H3,(H2,26,29). The molecule has 0 saturated heterocycles. The van der Waals surface area contributed by atoms with E-state index in [1.807, 2.05) is 13.0 Å². The van der Waals surface area contributed by atoms with Crippen LogP contribution in [0.1, 0.15) is 46.8 Å². The van der Waals surface area contributed by atoms with Crippen molar-refractivity contribution in [1.29, 1.82) is 0 Å². The van der Waals surface area contributed by atoms with E-state index in [1.54, 1.807) is 12.1 Å². The lowest BCUT2D eigenvalue weighted by Crippen LogP contribution is -2.24. The molecule has 30 heavy (non-hydrogen) atoms. The van der Waals surface area contributed by atoms with Gasteiger partial charge >= 0.3 is 0 Å². The Morgan fingerprint density at radius 3 is 2.57 bits per heavy atom. The highest BCUT2D eigenvalue weighted by Crippen LogP contribution is 2.26. The Morgan fingerprint density at radius 2 is 1.93 bits per heavy atom. The molecule has 0 radical (unpaired) electrons. The van der Waals surface area contributed by atoms with Gasteiger partial charge in [-0.3, -0.25) is 4.79 Å². The van der Waals surface area contributed by atoms with E-state index in [-0.39, 0.29) is 0 Å². The number of aromatic nitrogens is 1. The molecule has 1 heterocycles. The molecule has 0 aliphatic rings. The monoisotopic (exact) mass is 403 g/mol. The maximum Gasteiger partial charge on any atom is 0.250 e. The van der Waals surface area contributed by atoms with Crippen molar-refractivity contribution in [3.05, 3.63) is 83.0 Å². The van der Waals surface area contributed by atoms with Gasteiger partial charge in [-0.15, -0.1) is 0 Å². The number of nitrogens with zero attached hydrogens (tertiary/aromatic N) is 2. The van der Waals surface area contributed by atoms with Crippen LogP contribution in [0.15, 0.2) is 60.8 Å². The van der Waals surface area contributed by atoms with Gasteiger partial charge in [0.2, 0.25) is 11.8 Å². The molecule has 2 N–H and O–H groups in total. The first-order valence-corrected chi connectivity index (χ1v) is 10.3. The first kappa shape index (κ1) is 21.4. The number of pyridine rings is 1. The van der Waals surface area contributed by atoms with Gasteiger partial charge in [0, 0.05) is 31.0 Å². The molecule has 5 heteroatoms. The Balaban J connectivity index is 1.74. The van der Waals surface area contributed by atoms with Crippen molar-refractivity contribution >= 4 is 11.6 Å². The molecule has 1 amide bonds. The molecule has 0 aliphatic carbocycles. The van der Waals surface area contributed by atoms with Crippen molar-refractivity contribution < 1.29 is 9.53 Å². The minimum Gasteiger partial charge on any atom is -0.439 e. The van der Waals surface area contributed by atoms with E-state index < -0.39 is 5.91 Å². The lowest BCUT2D eigenvalue weighted by Gasteiger charge is -2.25. The van der Waals surface area contributed by atoms with Crippen molar-refractivity contribution in [1.82, 2.24) is 4.98 Å². The van der Waals surface area contributed by atoms with Crippen molar-refractivity contribution in [3.8, 4) is 11.6 Å². The van der Waals surface area contributed by atoms with Gasteiger partial charge in [-0.2, -0.15) is 0 Å². The number of benzene rings is 2. The number of unbranched alkanes of at least 4 members (excludes halogenated alkanes) is 1. The highest BCUT2D eigenvalue weighted by atomic mass is 16.5. The molecule has 3 aromatic rings. The third kappa shape index (κ3) is 5.60. The van der Waals surface area contributed by atoms with Gasteiger partial charge < -0.3 is 15.4 Å². The summed E-state index contributed by atoms with van der Waals surface area (Å²) in [5.74, 6) is 0.671. The highest BCUT2D eigenvalue weighted by molar-refractivity contribution is 5.92. The van der Waals surface area contributed by atoms with Crippen LogP contribution in [0.4, 0.5) is 5.69 Å². The van der Waals surface area contributed by atoms with Crippen LogP contribution in [0.2, 0.25) is 0 Å². The third-order valence-corrected chi connectivity index (χ3v) is 5.00. The summed E-state index contributed by atoms with van der Waals surface area (Å²) in [7, 11) is 0. The zero-order valence-corrected chi connectivity index (χ0v) is 17.9. The highest BCUT2D eigenvalue weighted by Gasteiger charge is 2.10. The molecular formula is C25H29N3O2. The predicted molar refractivity (Wildman–Crippen MR) is 121 cm³/mol. The number of ether oxygens (including phenoxy) is 1. The Bertz CT molecular complexity index is 1000. The fourth-order valence-electron chi connectivity index (χ4n) is 3.32. The van der Waals surface area contributed by atoms with Crippen molar-refractivity contribution in [2.24, 2.45) is 5.73 Å². The topological polar surface area (TPSA) is 68.5 Å². The predicted octanol–water partition coefficient (Wildman–Crippen LogP) is 5.40. The smallest absolute Gasteiger partial charge is 0.250 e. The Kier molecular flexibility index (Phi) is 7.07. The minimum atomic E-state index is -0.504. The van der Waals surface area contributed by atoms with Crippen LogP contribution in [0.25, 0.3) is 0 Å². The minimum absolute atomic E-state index is 0.359. The average Bonchev–Trinajstić information content (AvgIpc) is 2.73. The summed E-state index contributed by atoms with van der Waals surface area (Å²) < 4.78 is 5.89. The van der Waals surface area contributed by atoms with Crippen molar-refractivity contribution in [2.45, 2.75) is 40.2 Å². The van der Waals surface area contributed by atoms with E-state index in [1.165, 1.54) is 23.0 Å². The summed E-state index contributed by atoms with van der Waals surface area (Å²) in [6, 6.07) is 18.1. The molecule has 2 aromatic carbocycles. The molecule has 0 atom stereocenters. The first-order chi connectivity index (χ1) is 14.5. The molecule has 5 nitrogen and oxygen atoms in total. The number of hydrogen-bond donors (Lipinski definition) is 1. The summed E-state index contributed by atoms with van der Waals surface area (Å²) in [5, 5.41) is 0. The lowest BCUT2D eigenvalue weighted by atomic mass is 10.1. The Morgan fingerprint density at radius 1 is 1.10 bits per heavy atom. The van der Waals surface area contributed by atoms with Crippen LogP contribution in [0, 0.1) is 13.8 Å². The van der Waals surface area contributed by atoms with E-state index in [0.717, 1.165) is 37.2 Å². The van der Waals surface area contributed by atoms with Crippen LogP contribution >= 0.6 is 0 Å². The van der Waals surface area contributed by atoms with Gasteiger partial charge in [0.1, 0.15) is 5.75 Å². The van der Waals surface area contributed by atoms with Gasteiger partial charge in [0.05, 0.1) is 5.56 Å². The van der Waals surface area contributed by atoms with Gasteiger partial charge in [0.25, 0.3) is 0 Å². The zero-order valence-electron chi connectivity index (χ0n) is 17.9. The number of anilines is 1. The van der Waals surface area contributed by atoms with E-state index in [2.05, 4.69) is 60.1 Å². The molecule has 0 bridgehead atoms. The Labute approximate surface area is 178 Å². The SMILES string of the molecule is CCCCN(Cc1ccc(Oc2ccc(C(N)=O)cn2)c(C)c1)c1cccc(C)c1. The van der Waals surface area contributed by atoms with E-state index in [0.29, 0.717) is 11.4 Å². The van der Waals surface area contributed by atoms with Crippen LogP contribution < -0.4 is 15.4 Å². The maximum atomic E-state index is 11.2. The fourth-order valence-corrected chi connectivity index (χ4v) is 3.32. The number of aryl methyl sites for hydroxylation is 2. The number of primary amides is 1. The van der Waals surface area contributed by atoms with Crippen LogP contribution in [-0.4, -0.2) is 17.4 Å². The summed E-state index contributed by atoms with van der Waals surface area (Å²) in [6.45, 7) is 8.24. The number of nitrogens with two attached hydrogens (primary N) is 1. The van der Waals surface area contributed by atoms with Gasteiger partial charge in [-0.1, -0.05) is 37.6 Å². The Hall–Kier alpha value is -3.34. The molecule has 0 aliphatic heterocycles. The van der Waals surface area contributed by atoms with E-state index in [4.69, 9.17) is 10.5 Å². The van der Waals surface area contributed by atoms with E-state index in [9.17, 15) is 4.79 Å². The molecule has 1 aromatic heterocycles. The summed E-state index contributed by atoms with van der Waals surface area (Å²) in [4.78, 5) is 17.8. The van der Waals surface area contributed by atoms with E-state index >= 15 is 0 Å². The maximum absolute atomic E-state index is 11.2. The first-order valence-electron chi connectivity index (χ1n) is 10.3. The molecule has 0 spiro atoms. The second kappa shape index (κ2) is 9.92. The zero-order chi connectivity index (χ0) is 21.5. The molecule has 0 saturated carbocycles. The second-order valence-electron chi connectivity index (χ2n) is 7.57. The van der Waals surface area contributed by atoms with Crippen molar-refractivity contribution in [3.63, 3.8) is 0 Å². The summed E-state index contributed by atoms with van der Waals surface area (Å²) >= 11 is 0. The summed E-state index contributed by atoms with van der Waals surface area (Å²) in [5.41, 5.74) is 10.4. The van der Waals surface area contributed by atoms with Gasteiger partial charge in [-0.25, -0.2) is 4.98 Å². The van der Waals surface area contributed by atoms with Crippen LogP contribution in [0.5, 0.6) is 11.6 Å². The van der Waals surface area contributed by atoms with Crippen LogP contribution in [-0.2, 0) is 6.54 Å². The molecule has 0 fully saturated rings.